The third-order valence-corrected chi connectivity index (χ3v) is 3.92. The van der Waals surface area contributed by atoms with Crippen molar-refractivity contribution in [3.63, 3.8) is 0 Å². The summed E-state index contributed by atoms with van der Waals surface area (Å²) in [5, 5.41) is 8.93. The van der Waals surface area contributed by atoms with Crippen molar-refractivity contribution in [3.8, 4) is 0 Å². The standard InChI is InChI=1S/C21H36O/c1-6-21(16-17-22)15-9-14-20(5)13-8-12-19(4)11-7-10-18(2)3/h10,12,14,16,22H,6-9,11,13,15,17H2,1-5H3/b19-12+,20-14+,21-16+. The van der Waals surface area contributed by atoms with Gasteiger partial charge in [0.25, 0.3) is 0 Å². The van der Waals surface area contributed by atoms with E-state index in [1.165, 1.54) is 28.7 Å². The van der Waals surface area contributed by atoms with E-state index in [1.807, 2.05) is 6.08 Å². The normalized spacial score (nSPS) is 13.5. The van der Waals surface area contributed by atoms with Crippen LogP contribution in [0.1, 0.15) is 79.6 Å². The summed E-state index contributed by atoms with van der Waals surface area (Å²) in [7, 11) is 0. The quantitative estimate of drug-likeness (QED) is 0.431. The van der Waals surface area contributed by atoms with Crippen LogP contribution in [-0.4, -0.2) is 11.7 Å². The largest absolute Gasteiger partial charge is 0.392 e. The second-order valence-corrected chi connectivity index (χ2v) is 6.40. The Morgan fingerprint density at radius 1 is 0.727 bits per heavy atom. The van der Waals surface area contributed by atoms with Crippen LogP contribution < -0.4 is 0 Å². The molecule has 0 aromatic heterocycles. The molecule has 0 aromatic carbocycles. The Bertz CT molecular complexity index is 404. The molecule has 0 spiro atoms. The zero-order valence-electron chi connectivity index (χ0n) is 15.4. The van der Waals surface area contributed by atoms with Gasteiger partial charge in [0, 0.05) is 0 Å². The lowest BCUT2D eigenvalue weighted by molar-refractivity contribution is 0.341. The highest BCUT2D eigenvalue weighted by molar-refractivity contribution is 5.07. The highest BCUT2D eigenvalue weighted by Gasteiger charge is 1.95. The molecule has 1 heteroatoms. The van der Waals surface area contributed by atoms with Crippen LogP contribution in [0.4, 0.5) is 0 Å². The van der Waals surface area contributed by atoms with Crippen LogP contribution in [-0.2, 0) is 0 Å². The fraction of sp³-hybridized carbons (Fsp3) is 0.619. The zero-order chi connectivity index (χ0) is 16.8. The maximum atomic E-state index is 8.93. The van der Waals surface area contributed by atoms with Crippen molar-refractivity contribution in [2.75, 3.05) is 6.61 Å². The zero-order valence-corrected chi connectivity index (χ0v) is 15.4. The Labute approximate surface area is 138 Å². The number of aliphatic hydroxyl groups excluding tert-OH is 1. The van der Waals surface area contributed by atoms with Crippen molar-refractivity contribution < 1.29 is 5.11 Å². The molecule has 0 aliphatic heterocycles. The van der Waals surface area contributed by atoms with E-state index in [9.17, 15) is 0 Å². The molecule has 0 aromatic rings. The molecule has 126 valence electrons. The third-order valence-electron chi connectivity index (χ3n) is 3.92. The van der Waals surface area contributed by atoms with Gasteiger partial charge in [0.2, 0.25) is 0 Å². The first-order valence-electron chi connectivity index (χ1n) is 8.73. The predicted octanol–water partition coefficient (Wildman–Crippen LogP) is 6.51. The smallest absolute Gasteiger partial charge is 0.0615 e. The minimum atomic E-state index is 0.169. The van der Waals surface area contributed by atoms with Gasteiger partial charge in [0.1, 0.15) is 0 Å². The summed E-state index contributed by atoms with van der Waals surface area (Å²) < 4.78 is 0. The molecule has 0 heterocycles. The molecule has 0 saturated heterocycles. The van der Waals surface area contributed by atoms with E-state index < -0.39 is 0 Å². The van der Waals surface area contributed by atoms with Gasteiger partial charge in [-0.25, -0.2) is 0 Å². The first-order chi connectivity index (χ1) is 10.5. The number of hydrogen-bond acceptors (Lipinski definition) is 1. The van der Waals surface area contributed by atoms with Crippen LogP contribution in [0.2, 0.25) is 0 Å². The van der Waals surface area contributed by atoms with E-state index in [4.69, 9.17) is 5.11 Å². The lowest BCUT2D eigenvalue weighted by Gasteiger charge is -2.04. The van der Waals surface area contributed by atoms with Gasteiger partial charge in [-0.15, -0.1) is 0 Å². The van der Waals surface area contributed by atoms with Crippen LogP contribution >= 0.6 is 0 Å². The second-order valence-electron chi connectivity index (χ2n) is 6.40. The SMILES string of the molecule is CC/C(=C\CO)CC/C=C(\C)CC/C=C(\C)CCC=C(C)C. The van der Waals surface area contributed by atoms with Crippen LogP contribution in [0.3, 0.4) is 0 Å². The fourth-order valence-corrected chi connectivity index (χ4v) is 2.40. The monoisotopic (exact) mass is 304 g/mol. The predicted molar refractivity (Wildman–Crippen MR) is 100 cm³/mol. The molecule has 0 aliphatic carbocycles. The number of aliphatic hydroxyl groups is 1. The van der Waals surface area contributed by atoms with Crippen molar-refractivity contribution in [2.24, 2.45) is 0 Å². The third kappa shape index (κ3) is 12.6. The van der Waals surface area contributed by atoms with Crippen LogP contribution in [0, 0.1) is 0 Å². The summed E-state index contributed by atoms with van der Waals surface area (Å²) >= 11 is 0. The summed E-state index contributed by atoms with van der Waals surface area (Å²) in [5.41, 5.74) is 5.76. The van der Waals surface area contributed by atoms with E-state index >= 15 is 0 Å². The molecule has 0 bridgehead atoms. The van der Waals surface area contributed by atoms with Crippen molar-refractivity contribution in [1.29, 1.82) is 0 Å². The summed E-state index contributed by atoms with van der Waals surface area (Å²) in [6.07, 6.45) is 16.9. The molecule has 0 amide bonds. The Kier molecular flexibility index (Phi) is 12.9. The van der Waals surface area contributed by atoms with Crippen LogP contribution in [0.25, 0.3) is 0 Å². The minimum absolute atomic E-state index is 0.169. The van der Waals surface area contributed by atoms with E-state index in [0.29, 0.717) is 0 Å². The van der Waals surface area contributed by atoms with E-state index in [-0.39, 0.29) is 6.61 Å². The van der Waals surface area contributed by atoms with E-state index in [1.54, 1.807) is 0 Å². The number of hydrogen-bond donors (Lipinski definition) is 1. The summed E-state index contributed by atoms with van der Waals surface area (Å²) in [4.78, 5) is 0. The average Bonchev–Trinajstić information content (AvgIpc) is 2.46. The van der Waals surface area contributed by atoms with Gasteiger partial charge in [-0.1, -0.05) is 53.5 Å². The van der Waals surface area contributed by atoms with Gasteiger partial charge < -0.3 is 5.11 Å². The fourth-order valence-electron chi connectivity index (χ4n) is 2.40. The molecule has 0 atom stereocenters. The van der Waals surface area contributed by atoms with Gasteiger partial charge in [-0.2, -0.15) is 0 Å². The summed E-state index contributed by atoms with van der Waals surface area (Å²) in [6, 6.07) is 0. The minimum Gasteiger partial charge on any atom is -0.392 e. The second kappa shape index (κ2) is 13.6. The molecule has 1 N–H and O–H groups in total. The molecule has 1 nitrogen and oxygen atoms in total. The molecule has 22 heavy (non-hydrogen) atoms. The lowest BCUT2D eigenvalue weighted by atomic mass is 10.0. The highest BCUT2D eigenvalue weighted by atomic mass is 16.2. The molecule has 0 rings (SSSR count). The van der Waals surface area contributed by atoms with Gasteiger partial charge in [0.15, 0.2) is 0 Å². The van der Waals surface area contributed by atoms with E-state index in [0.717, 1.165) is 38.5 Å². The molecule has 0 radical (unpaired) electrons. The molecule has 0 aliphatic rings. The van der Waals surface area contributed by atoms with Gasteiger partial charge in [0.05, 0.1) is 6.61 Å². The van der Waals surface area contributed by atoms with E-state index in [2.05, 4.69) is 52.8 Å². The summed E-state index contributed by atoms with van der Waals surface area (Å²) in [6.45, 7) is 11.1. The Hall–Kier alpha value is -1.08. The molecule has 0 unspecified atom stereocenters. The first-order valence-corrected chi connectivity index (χ1v) is 8.73. The maximum Gasteiger partial charge on any atom is 0.0615 e. The Morgan fingerprint density at radius 3 is 1.68 bits per heavy atom. The number of rotatable bonds is 11. The molecule has 0 saturated carbocycles. The average molecular weight is 305 g/mol. The Morgan fingerprint density at radius 2 is 1.23 bits per heavy atom. The number of allylic oxidation sites excluding steroid dienone is 7. The van der Waals surface area contributed by atoms with Gasteiger partial charge in [-0.05, 0) is 72.6 Å². The van der Waals surface area contributed by atoms with Crippen molar-refractivity contribution in [2.45, 2.75) is 79.6 Å². The topological polar surface area (TPSA) is 20.2 Å². The van der Waals surface area contributed by atoms with Gasteiger partial charge >= 0.3 is 0 Å². The van der Waals surface area contributed by atoms with Crippen molar-refractivity contribution in [1.82, 2.24) is 0 Å². The van der Waals surface area contributed by atoms with Crippen LogP contribution in [0.5, 0.6) is 0 Å². The van der Waals surface area contributed by atoms with Gasteiger partial charge in [-0.3, -0.25) is 0 Å². The highest BCUT2D eigenvalue weighted by Crippen LogP contribution is 2.14. The van der Waals surface area contributed by atoms with Crippen molar-refractivity contribution >= 4 is 0 Å². The Balaban J connectivity index is 4.01. The maximum absolute atomic E-state index is 8.93. The van der Waals surface area contributed by atoms with Crippen molar-refractivity contribution in [3.05, 3.63) is 46.6 Å². The summed E-state index contributed by atoms with van der Waals surface area (Å²) in [5.74, 6) is 0. The molecular formula is C21H36O. The first kappa shape index (κ1) is 20.9. The lowest BCUT2D eigenvalue weighted by Crippen LogP contribution is -1.85. The molecular weight excluding hydrogens is 268 g/mol. The van der Waals surface area contributed by atoms with Crippen LogP contribution in [0.15, 0.2) is 46.6 Å². The molecule has 0 fully saturated rings.